The average molecular weight is 498 g/mol. The molecule has 0 aromatic heterocycles. The van der Waals surface area contributed by atoms with Crippen LogP contribution < -0.4 is 14.8 Å². The van der Waals surface area contributed by atoms with E-state index in [0.717, 1.165) is 12.8 Å². The van der Waals surface area contributed by atoms with Crippen LogP contribution in [-0.2, 0) is 31.4 Å². The molecule has 1 aliphatic rings. The summed E-state index contributed by atoms with van der Waals surface area (Å²) in [7, 11) is -7.37. The third-order valence-corrected chi connectivity index (χ3v) is 8.55. The van der Waals surface area contributed by atoms with E-state index in [2.05, 4.69) is 14.8 Å². The van der Waals surface area contributed by atoms with Gasteiger partial charge < -0.3 is 5.32 Å². The molecule has 0 heterocycles. The van der Waals surface area contributed by atoms with Gasteiger partial charge in [-0.05, 0) is 61.1 Å². The van der Waals surface area contributed by atoms with Gasteiger partial charge in [-0.1, -0.05) is 30.3 Å². The zero-order chi connectivity index (χ0) is 23.2. The van der Waals surface area contributed by atoms with Gasteiger partial charge in [-0.3, -0.25) is 4.79 Å². The fraction of sp³-hybridized carbons (Fsp3) is 0.381. The maximum Gasteiger partial charge on any atom is 0.241 e. The van der Waals surface area contributed by atoms with Gasteiger partial charge in [0.05, 0.1) is 9.79 Å². The summed E-state index contributed by atoms with van der Waals surface area (Å²) >= 11 is 1.52. The summed E-state index contributed by atoms with van der Waals surface area (Å²) in [6, 6.07) is 13.3. The lowest BCUT2D eigenvalue weighted by Gasteiger charge is -2.18. The molecule has 0 spiro atoms. The van der Waals surface area contributed by atoms with Gasteiger partial charge in [0.1, 0.15) is 6.04 Å². The van der Waals surface area contributed by atoms with Crippen molar-refractivity contribution in [1.82, 2.24) is 14.8 Å². The van der Waals surface area contributed by atoms with Crippen molar-refractivity contribution in [2.75, 3.05) is 12.0 Å². The second-order valence-electron chi connectivity index (χ2n) is 7.53. The van der Waals surface area contributed by atoms with Gasteiger partial charge in [-0.2, -0.15) is 16.5 Å². The van der Waals surface area contributed by atoms with Crippen LogP contribution >= 0.6 is 11.8 Å². The molecule has 0 saturated heterocycles. The fourth-order valence-electron chi connectivity index (χ4n) is 2.92. The van der Waals surface area contributed by atoms with E-state index in [1.54, 1.807) is 30.3 Å². The van der Waals surface area contributed by atoms with Crippen LogP contribution in [0.4, 0.5) is 0 Å². The summed E-state index contributed by atoms with van der Waals surface area (Å²) in [5.41, 5.74) is 0.707. The van der Waals surface area contributed by atoms with Crippen LogP contribution in [0.2, 0.25) is 0 Å². The first kappa shape index (κ1) is 24.7. The van der Waals surface area contributed by atoms with Gasteiger partial charge in [0.15, 0.2) is 0 Å². The Labute approximate surface area is 193 Å². The van der Waals surface area contributed by atoms with Crippen LogP contribution in [0.25, 0.3) is 0 Å². The Morgan fingerprint density at radius 1 is 0.969 bits per heavy atom. The van der Waals surface area contributed by atoms with Gasteiger partial charge in [0, 0.05) is 12.6 Å². The number of amides is 1. The first-order valence-electron chi connectivity index (χ1n) is 10.2. The zero-order valence-electron chi connectivity index (χ0n) is 17.7. The van der Waals surface area contributed by atoms with Crippen LogP contribution in [0.15, 0.2) is 64.4 Å². The van der Waals surface area contributed by atoms with E-state index in [0.29, 0.717) is 17.7 Å². The predicted octanol–water partition coefficient (Wildman–Crippen LogP) is 1.84. The Balaban J connectivity index is 1.62. The van der Waals surface area contributed by atoms with Gasteiger partial charge in [-0.25, -0.2) is 21.6 Å². The molecule has 0 bridgehead atoms. The van der Waals surface area contributed by atoms with Crippen molar-refractivity contribution in [3.63, 3.8) is 0 Å². The lowest BCUT2D eigenvalue weighted by molar-refractivity contribution is -0.122. The molecule has 8 nitrogen and oxygen atoms in total. The normalized spacial score (nSPS) is 15.3. The lowest BCUT2D eigenvalue weighted by Crippen LogP contribution is -2.46. The van der Waals surface area contributed by atoms with E-state index in [-0.39, 0.29) is 22.4 Å². The molecular formula is C21H27N3O5S3. The molecule has 174 valence electrons. The third-order valence-electron chi connectivity index (χ3n) is 4.88. The van der Waals surface area contributed by atoms with E-state index >= 15 is 0 Å². The Morgan fingerprint density at radius 3 is 2.19 bits per heavy atom. The number of carbonyl (C=O) groups is 1. The SMILES string of the molecule is CSCCC(NS(=O)(=O)c1ccccc1)C(=O)NCc1ccc(S(=O)(=O)NC2CC2)cc1. The molecule has 1 amide bonds. The van der Waals surface area contributed by atoms with Gasteiger partial charge >= 0.3 is 0 Å². The van der Waals surface area contributed by atoms with E-state index in [4.69, 9.17) is 0 Å². The van der Waals surface area contributed by atoms with E-state index < -0.39 is 32.0 Å². The summed E-state index contributed by atoms with van der Waals surface area (Å²) in [6.07, 6.45) is 3.93. The van der Waals surface area contributed by atoms with E-state index in [1.165, 1.54) is 36.0 Å². The quantitative estimate of drug-likeness (QED) is 0.411. The summed E-state index contributed by atoms with van der Waals surface area (Å²) in [5, 5.41) is 2.74. The minimum absolute atomic E-state index is 0.0249. The number of hydrogen-bond acceptors (Lipinski definition) is 6. The Kier molecular flexibility index (Phi) is 8.34. The molecule has 1 atom stereocenters. The van der Waals surface area contributed by atoms with Gasteiger partial charge in [-0.15, -0.1) is 0 Å². The lowest BCUT2D eigenvalue weighted by atomic mass is 10.2. The summed E-state index contributed by atoms with van der Waals surface area (Å²) in [5.74, 6) is 0.168. The second-order valence-corrected chi connectivity index (χ2v) is 11.9. The molecular weight excluding hydrogens is 470 g/mol. The first-order chi connectivity index (χ1) is 15.2. The molecule has 1 fully saturated rings. The molecule has 11 heteroatoms. The first-order valence-corrected chi connectivity index (χ1v) is 14.5. The number of thioether (sulfide) groups is 1. The average Bonchev–Trinajstić information content (AvgIpc) is 3.59. The minimum Gasteiger partial charge on any atom is -0.351 e. The topological polar surface area (TPSA) is 121 Å². The maximum absolute atomic E-state index is 12.7. The molecule has 2 aromatic carbocycles. The van der Waals surface area contributed by atoms with Crippen molar-refractivity contribution in [2.45, 2.75) is 47.7 Å². The molecule has 1 aliphatic carbocycles. The van der Waals surface area contributed by atoms with Gasteiger partial charge in [0.2, 0.25) is 26.0 Å². The highest BCUT2D eigenvalue weighted by molar-refractivity contribution is 7.98. The molecule has 32 heavy (non-hydrogen) atoms. The van der Waals surface area contributed by atoms with Crippen molar-refractivity contribution < 1.29 is 21.6 Å². The van der Waals surface area contributed by atoms with E-state index in [9.17, 15) is 21.6 Å². The third kappa shape index (κ3) is 7.04. The van der Waals surface area contributed by atoms with E-state index in [1.807, 2.05) is 6.26 Å². The number of nitrogens with one attached hydrogen (secondary N) is 3. The molecule has 3 N–H and O–H groups in total. The van der Waals surface area contributed by atoms with Crippen LogP contribution in [0.3, 0.4) is 0 Å². The Morgan fingerprint density at radius 2 is 1.59 bits per heavy atom. The molecule has 0 aliphatic heterocycles. The molecule has 1 saturated carbocycles. The number of benzene rings is 2. The number of sulfonamides is 2. The monoisotopic (exact) mass is 497 g/mol. The summed E-state index contributed by atoms with van der Waals surface area (Å²) < 4.78 is 54.9. The fourth-order valence-corrected chi connectivity index (χ4v) is 5.95. The van der Waals surface area contributed by atoms with Crippen LogP contribution in [0, 0.1) is 0 Å². The standard InChI is InChI=1S/C21H27N3O5S3/c1-30-14-13-20(24-32(28,29)18-5-3-2-4-6-18)21(25)22-15-16-7-11-19(12-8-16)31(26,27)23-17-9-10-17/h2-8,11-12,17,20,23-24H,9-10,13-15H2,1H3,(H,22,25). The number of carbonyl (C=O) groups excluding carboxylic acids is 1. The maximum atomic E-state index is 12.7. The predicted molar refractivity (Wildman–Crippen MR) is 125 cm³/mol. The van der Waals surface area contributed by atoms with Crippen molar-refractivity contribution in [3.05, 3.63) is 60.2 Å². The molecule has 3 rings (SSSR count). The van der Waals surface area contributed by atoms with Gasteiger partial charge in [0.25, 0.3) is 0 Å². The highest BCUT2D eigenvalue weighted by Crippen LogP contribution is 2.22. The second kappa shape index (κ2) is 10.8. The summed E-state index contributed by atoms with van der Waals surface area (Å²) in [6.45, 7) is 0.151. The highest BCUT2D eigenvalue weighted by atomic mass is 32.2. The van der Waals surface area contributed by atoms with Crippen molar-refractivity contribution >= 4 is 37.7 Å². The highest BCUT2D eigenvalue weighted by Gasteiger charge is 2.28. The van der Waals surface area contributed by atoms with Crippen LogP contribution in [-0.4, -0.2) is 46.8 Å². The smallest absolute Gasteiger partial charge is 0.241 e. The minimum atomic E-state index is -3.84. The van der Waals surface area contributed by atoms with Crippen LogP contribution in [0.5, 0.6) is 0 Å². The number of rotatable bonds is 12. The van der Waals surface area contributed by atoms with Crippen LogP contribution in [0.1, 0.15) is 24.8 Å². The Hall–Kier alpha value is -1.92. The molecule has 1 unspecified atom stereocenters. The summed E-state index contributed by atoms with van der Waals surface area (Å²) in [4.78, 5) is 13.0. The molecule has 2 aromatic rings. The Bertz CT molecular complexity index is 1120. The van der Waals surface area contributed by atoms with Crippen molar-refractivity contribution in [2.24, 2.45) is 0 Å². The number of hydrogen-bond donors (Lipinski definition) is 3. The molecule has 0 radical (unpaired) electrons. The zero-order valence-corrected chi connectivity index (χ0v) is 20.1. The van der Waals surface area contributed by atoms with Crippen molar-refractivity contribution in [1.29, 1.82) is 0 Å². The van der Waals surface area contributed by atoms with Crippen molar-refractivity contribution in [3.8, 4) is 0 Å². The largest absolute Gasteiger partial charge is 0.351 e.